The summed E-state index contributed by atoms with van der Waals surface area (Å²) in [5.41, 5.74) is 1.16. The number of hydrogen-bond acceptors (Lipinski definition) is 8. The average molecular weight is 486 g/mol. The van der Waals surface area contributed by atoms with E-state index in [0.717, 1.165) is 17.7 Å². The van der Waals surface area contributed by atoms with Gasteiger partial charge in [-0.25, -0.2) is 9.97 Å². The predicted molar refractivity (Wildman–Crippen MR) is 120 cm³/mol. The van der Waals surface area contributed by atoms with Crippen molar-refractivity contribution in [2.24, 2.45) is 0 Å². The van der Waals surface area contributed by atoms with Crippen molar-refractivity contribution in [3.05, 3.63) is 72.1 Å². The summed E-state index contributed by atoms with van der Waals surface area (Å²) in [7, 11) is 0. The fourth-order valence-electron chi connectivity index (χ4n) is 2.88. The fourth-order valence-corrected chi connectivity index (χ4v) is 3.81. The average Bonchev–Trinajstić information content (AvgIpc) is 3.26. The number of pyridine rings is 2. The lowest BCUT2D eigenvalue weighted by Gasteiger charge is -2.07. The molecule has 0 aliphatic heterocycles. The summed E-state index contributed by atoms with van der Waals surface area (Å²) >= 11 is 1.43. The summed E-state index contributed by atoms with van der Waals surface area (Å²) in [6.07, 6.45) is -1.16. The zero-order valence-electron chi connectivity index (χ0n) is 17.6. The number of halogens is 3. The van der Waals surface area contributed by atoms with Gasteiger partial charge in [0.25, 0.3) is 5.89 Å². The third-order valence-corrected chi connectivity index (χ3v) is 5.47. The van der Waals surface area contributed by atoms with Gasteiger partial charge in [-0.3, -0.25) is 4.79 Å². The Morgan fingerprint density at radius 3 is 2.59 bits per heavy atom. The van der Waals surface area contributed by atoms with Crippen molar-refractivity contribution in [3.8, 4) is 11.5 Å². The quantitative estimate of drug-likeness (QED) is 0.328. The molecule has 1 amide bonds. The molecule has 0 saturated carbocycles. The molecule has 0 unspecified atom stereocenters. The number of amides is 1. The van der Waals surface area contributed by atoms with Crippen molar-refractivity contribution in [2.45, 2.75) is 23.9 Å². The van der Waals surface area contributed by atoms with E-state index in [9.17, 15) is 18.0 Å². The molecule has 0 fully saturated rings. The molecule has 1 aromatic carbocycles. The van der Waals surface area contributed by atoms with Crippen LogP contribution < -0.4 is 10.6 Å². The van der Waals surface area contributed by atoms with Gasteiger partial charge in [0.05, 0.1) is 11.1 Å². The molecule has 12 heteroatoms. The zero-order chi connectivity index (χ0) is 24.1. The Balaban J connectivity index is 1.46. The normalized spacial score (nSPS) is 11.3. The van der Waals surface area contributed by atoms with Crippen LogP contribution in [0.25, 0.3) is 11.5 Å². The molecule has 0 spiro atoms. The van der Waals surface area contributed by atoms with Crippen molar-refractivity contribution < 1.29 is 22.4 Å². The number of nitrogens with zero attached hydrogens (tertiary/aromatic N) is 4. The summed E-state index contributed by atoms with van der Waals surface area (Å²) < 4.78 is 43.8. The second kappa shape index (κ2) is 9.91. The topological polar surface area (TPSA) is 106 Å². The summed E-state index contributed by atoms with van der Waals surface area (Å²) in [5, 5.41) is 14.0. The Hall–Kier alpha value is -3.93. The van der Waals surface area contributed by atoms with Crippen LogP contribution >= 0.6 is 11.8 Å². The van der Waals surface area contributed by atoms with Crippen LogP contribution in [0.15, 0.2) is 70.4 Å². The van der Waals surface area contributed by atoms with E-state index in [1.165, 1.54) is 30.8 Å². The number of carbonyl (C=O) groups is 1. The molecular weight excluding hydrogens is 469 g/mol. The van der Waals surface area contributed by atoms with Gasteiger partial charge in [0.2, 0.25) is 5.91 Å². The van der Waals surface area contributed by atoms with Crippen LogP contribution in [0.3, 0.4) is 0 Å². The van der Waals surface area contributed by atoms with Crippen molar-refractivity contribution in [3.63, 3.8) is 0 Å². The van der Waals surface area contributed by atoms with Gasteiger partial charge in [-0.05, 0) is 54.1 Å². The van der Waals surface area contributed by atoms with E-state index in [2.05, 4.69) is 30.8 Å². The number of rotatable bonds is 7. The van der Waals surface area contributed by atoms with E-state index < -0.39 is 11.7 Å². The van der Waals surface area contributed by atoms with Gasteiger partial charge in [-0.2, -0.15) is 13.2 Å². The second-order valence-corrected chi connectivity index (χ2v) is 7.95. The minimum atomic E-state index is -4.41. The van der Waals surface area contributed by atoms with Crippen molar-refractivity contribution in [1.29, 1.82) is 0 Å². The van der Waals surface area contributed by atoms with Crippen molar-refractivity contribution >= 4 is 35.2 Å². The minimum Gasteiger partial charge on any atom is -0.403 e. The number of thioether (sulfide) groups is 1. The van der Waals surface area contributed by atoms with Gasteiger partial charge in [0.1, 0.15) is 10.8 Å². The first-order valence-electron chi connectivity index (χ1n) is 9.86. The van der Waals surface area contributed by atoms with E-state index in [1.54, 1.807) is 30.6 Å². The van der Waals surface area contributed by atoms with E-state index in [0.29, 0.717) is 27.8 Å². The molecule has 3 heterocycles. The standard InChI is InChI=1S/C22H17F3N6O2S/c1-13(32)28-18-11-14(8-10-26-18)12-34-20-17(3-2-9-27-20)19-30-31-21(33-19)29-16-6-4-15(5-7-16)22(23,24)25/h2-11H,12H2,1H3,(H,29,31)(H,26,28,32). The molecule has 4 aromatic rings. The number of carbonyl (C=O) groups excluding carboxylic acids is 1. The van der Waals surface area contributed by atoms with E-state index in [4.69, 9.17) is 4.42 Å². The number of benzene rings is 1. The highest BCUT2D eigenvalue weighted by Crippen LogP contribution is 2.33. The molecule has 0 bridgehead atoms. The van der Waals surface area contributed by atoms with Gasteiger partial charge < -0.3 is 15.1 Å². The molecule has 0 aliphatic rings. The van der Waals surface area contributed by atoms with Crippen LogP contribution in [0.1, 0.15) is 18.1 Å². The molecule has 34 heavy (non-hydrogen) atoms. The van der Waals surface area contributed by atoms with E-state index in [-0.39, 0.29) is 17.8 Å². The number of aromatic nitrogens is 4. The van der Waals surface area contributed by atoms with Gasteiger partial charge in [-0.1, -0.05) is 5.10 Å². The van der Waals surface area contributed by atoms with Crippen molar-refractivity contribution in [1.82, 2.24) is 20.2 Å². The fraction of sp³-hybridized carbons (Fsp3) is 0.136. The Labute approximate surface area is 196 Å². The highest BCUT2D eigenvalue weighted by Gasteiger charge is 2.30. The lowest BCUT2D eigenvalue weighted by atomic mass is 10.2. The summed E-state index contributed by atoms with van der Waals surface area (Å²) in [6.45, 7) is 1.41. The largest absolute Gasteiger partial charge is 0.416 e. The van der Waals surface area contributed by atoms with Gasteiger partial charge >= 0.3 is 12.2 Å². The SMILES string of the molecule is CC(=O)Nc1cc(CSc2ncccc2-c2nnc(Nc3ccc(C(F)(F)F)cc3)o2)ccn1. The summed E-state index contributed by atoms with van der Waals surface area (Å²) in [6, 6.07) is 11.6. The van der Waals surface area contributed by atoms with E-state index >= 15 is 0 Å². The first-order valence-corrected chi connectivity index (χ1v) is 10.8. The Morgan fingerprint density at radius 2 is 1.85 bits per heavy atom. The maximum Gasteiger partial charge on any atom is 0.416 e. The molecule has 0 radical (unpaired) electrons. The highest BCUT2D eigenvalue weighted by molar-refractivity contribution is 7.98. The van der Waals surface area contributed by atoms with Gasteiger partial charge in [0.15, 0.2) is 0 Å². The second-order valence-electron chi connectivity index (χ2n) is 6.99. The maximum absolute atomic E-state index is 12.7. The van der Waals surface area contributed by atoms with Crippen LogP contribution in [0.4, 0.5) is 30.7 Å². The molecule has 0 aliphatic carbocycles. The number of hydrogen-bond donors (Lipinski definition) is 2. The lowest BCUT2D eigenvalue weighted by molar-refractivity contribution is -0.137. The smallest absolute Gasteiger partial charge is 0.403 e. The Bertz CT molecular complexity index is 1290. The summed E-state index contributed by atoms with van der Waals surface area (Å²) in [4.78, 5) is 19.7. The Morgan fingerprint density at radius 1 is 1.06 bits per heavy atom. The maximum atomic E-state index is 12.7. The molecule has 0 saturated heterocycles. The molecular formula is C22H17F3N6O2S. The van der Waals surface area contributed by atoms with Gasteiger partial charge in [-0.15, -0.1) is 16.9 Å². The van der Waals surface area contributed by atoms with Crippen molar-refractivity contribution in [2.75, 3.05) is 10.6 Å². The Kier molecular flexibility index (Phi) is 6.77. The van der Waals surface area contributed by atoms with Crippen LogP contribution in [-0.2, 0) is 16.7 Å². The summed E-state index contributed by atoms with van der Waals surface area (Å²) in [5.74, 6) is 1.01. The third kappa shape index (κ3) is 5.90. The highest BCUT2D eigenvalue weighted by atomic mass is 32.2. The number of nitrogens with one attached hydrogen (secondary N) is 2. The van der Waals surface area contributed by atoms with E-state index in [1.807, 2.05) is 6.07 Å². The first kappa shape index (κ1) is 23.2. The molecule has 8 nitrogen and oxygen atoms in total. The molecule has 2 N–H and O–H groups in total. The molecule has 3 aromatic heterocycles. The number of anilines is 3. The molecule has 4 rings (SSSR count). The monoisotopic (exact) mass is 486 g/mol. The molecule has 0 atom stereocenters. The zero-order valence-corrected chi connectivity index (χ0v) is 18.4. The van der Waals surface area contributed by atoms with Crippen LogP contribution in [0.5, 0.6) is 0 Å². The first-order chi connectivity index (χ1) is 16.3. The molecule has 174 valence electrons. The number of alkyl halides is 3. The van der Waals surface area contributed by atoms with Crippen LogP contribution in [-0.4, -0.2) is 26.1 Å². The van der Waals surface area contributed by atoms with Gasteiger partial charge in [0, 0.05) is 30.8 Å². The third-order valence-electron chi connectivity index (χ3n) is 4.39. The predicted octanol–water partition coefficient (Wildman–Crippen LogP) is 5.54. The lowest BCUT2D eigenvalue weighted by Crippen LogP contribution is -2.07. The minimum absolute atomic E-state index is 0.0312. The van der Waals surface area contributed by atoms with Crippen LogP contribution in [0.2, 0.25) is 0 Å². The van der Waals surface area contributed by atoms with Crippen LogP contribution in [0, 0.1) is 0 Å².